The first-order valence-electron chi connectivity index (χ1n) is 6.84. The third kappa shape index (κ3) is 11.9. The molecule has 0 fully saturated rings. The van der Waals surface area contributed by atoms with Crippen LogP contribution in [0.4, 0.5) is 0 Å². The van der Waals surface area contributed by atoms with Gasteiger partial charge in [-0.15, -0.1) is 0 Å². The highest BCUT2D eigenvalue weighted by molar-refractivity contribution is 4.55. The topological polar surface area (TPSA) is 20.2 Å². The fourth-order valence-corrected chi connectivity index (χ4v) is 1.94. The zero-order valence-electron chi connectivity index (χ0n) is 11.0. The van der Waals surface area contributed by atoms with Crippen LogP contribution >= 0.6 is 0 Å². The zero-order valence-corrected chi connectivity index (χ0v) is 11.0. The van der Waals surface area contributed by atoms with Crippen LogP contribution in [0.2, 0.25) is 0 Å². The van der Waals surface area contributed by atoms with Crippen molar-refractivity contribution in [1.82, 2.24) is 0 Å². The summed E-state index contributed by atoms with van der Waals surface area (Å²) in [4.78, 5) is 0. The van der Waals surface area contributed by atoms with E-state index in [0.29, 0.717) is 0 Å². The van der Waals surface area contributed by atoms with Gasteiger partial charge in [-0.1, -0.05) is 65.7 Å². The molecule has 0 aliphatic rings. The Morgan fingerprint density at radius 2 is 1.33 bits per heavy atom. The van der Waals surface area contributed by atoms with Crippen molar-refractivity contribution in [2.24, 2.45) is 5.92 Å². The predicted octanol–water partition coefficient (Wildman–Crippen LogP) is 4.53. The van der Waals surface area contributed by atoms with Crippen LogP contribution in [0.1, 0.15) is 78.6 Å². The molecule has 0 rings (SSSR count). The molecule has 1 heteroatoms. The molecule has 0 aromatic rings. The number of rotatable bonds is 10. The first-order chi connectivity index (χ1) is 7.16. The minimum absolute atomic E-state index is 0.0364. The van der Waals surface area contributed by atoms with Crippen LogP contribution in [0.5, 0.6) is 0 Å². The van der Waals surface area contributed by atoms with Gasteiger partial charge in [0.2, 0.25) is 0 Å². The monoisotopic (exact) mass is 214 g/mol. The standard InChI is InChI=1S/C14H30O/c1-4-10-14(15)12-9-7-5-6-8-11-13(2)3/h13-15H,4-12H2,1-3H3. The van der Waals surface area contributed by atoms with E-state index < -0.39 is 0 Å². The first kappa shape index (κ1) is 15.0. The molecule has 92 valence electrons. The Labute approximate surface area is 96.3 Å². The second kappa shape index (κ2) is 10.5. The van der Waals surface area contributed by atoms with Gasteiger partial charge in [-0.05, 0) is 18.8 Å². The van der Waals surface area contributed by atoms with E-state index in [1.165, 1.54) is 38.5 Å². The lowest BCUT2D eigenvalue weighted by atomic mass is 10.0. The minimum atomic E-state index is -0.0364. The van der Waals surface area contributed by atoms with Gasteiger partial charge < -0.3 is 5.11 Å². The molecule has 0 radical (unpaired) electrons. The molecule has 0 heterocycles. The summed E-state index contributed by atoms with van der Waals surface area (Å²) in [5, 5.41) is 9.52. The van der Waals surface area contributed by atoms with Gasteiger partial charge in [0.15, 0.2) is 0 Å². The maximum Gasteiger partial charge on any atom is 0.0540 e. The molecule has 0 aliphatic carbocycles. The van der Waals surface area contributed by atoms with E-state index in [2.05, 4.69) is 20.8 Å². The Morgan fingerprint density at radius 1 is 0.800 bits per heavy atom. The summed E-state index contributed by atoms with van der Waals surface area (Å²) in [5.41, 5.74) is 0. The SMILES string of the molecule is CCCC(O)CCCCCCCC(C)C. The number of hydrogen-bond donors (Lipinski definition) is 1. The van der Waals surface area contributed by atoms with Crippen LogP contribution in [0.3, 0.4) is 0 Å². The van der Waals surface area contributed by atoms with Gasteiger partial charge in [0.25, 0.3) is 0 Å². The van der Waals surface area contributed by atoms with Gasteiger partial charge in [0.05, 0.1) is 6.10 Å². The Morgan fingerprint density at radius 3 is 1.87 bits per heavy atom. The van der Waals surface area contributed by atoms with Crippen molar-refractivity contribution < 1.29 is 5.11 Å². The summed E-state index contributed by atoms with van der Waals surface area (Å²) in [6.45, 7) is 6.72. The van der Waals surface area contributed by atoms with Gasteiger partial charge in [0.1, 0.15) is 0 Å². The van der Waals surface area contributed by atoms with Gasteiger partial charge >= 0.3 is 0 Å². The van der Waals surface area contributed by atoms with Crippen LogP contribution in [0, 0.1) is 5.92 Å². The van der Waals surface area contributed by atoms with Crippen molar-refractivity contribution in [3.8, 4) is 0 Å². The highest BCUT2D eigenvalue weighted by Gasteiger charge is 2.01. The second-order valence-electron chi connectivity index (χ2n) is 5.18. The lowest BCUT2D eigenvalue weighted by molar-refractivity contribution is 0.150. The van der Waals surface area contributed by atoms with Crippen molar-refractivity contribution in [2.45, 2.75) is 84.7 Å². The maximum atomic E-state index is 9.52. The van der Waals surface area contributed by atoms with Crippen LogP contribution in [-0.4, -0.2) is 11.2 Å². The molecule has 1 N–H and O–H groups in total. The average molecular weight is 214 g/mol. The molecule has 0 aromatic carbocycles. The van der Waals surface area contributed by atoms with E-state index in [4.69, 9.17) is 0 Å². The van der Waals surface area contributed by atoms with Gasteiger partial charge in [0, 0.05) is 0 Å². The summed E-state index contributed by atoms with van der Waals surface area (Å²) in [6, 6.07) is 0. The Bertz CT molecular complexity index is 121. The van der Waals surface area contributed by atoms with Gasteiger partial charge in [-0.25, -0.2) is 0 Å². The molecule has 0 aliphatic heterocycles. The Hall–Kier alpha value is -0.0400. The quantitative estimate of drug-likeness (QED) is 0.530. The predicted molar refractivity (Wildman–Crippen MR) is 68.1 cm³/mol. The number of aliphatic hydroxyl groups is 1. The summed E-state index contributed by atoms with van der Waals surface area (Å²) in [7, 11) is 0. The van der Waals surface area contributed by atoms with Crippen molar-refractivity contribution >= 4 is 0 Å². The van der Waals surface area contributed by atoms with Gasteiger partial charge in [-0.2, -0.15) is 0 Å². The van der Waals surface area contributed by atoms with Crippen LogP contribution in [0.15, 0.2) is 0 Å². The number of unbranched alkanes of at least 4 members (excludes halogenated alkanes) is 4. The van der Waals surface area contributed by atoms with E-state index >= 15 is 0 Å². The molecule has 15 heavy (non-hydrogen) atoms. The highest BCUT2D eigenvalue weighted by Crippen LogP contribution is 2.13. The highest BCUT2D eigenvalue weighted by atomic mass is 16.3. The maximum absolute atomic E-state index is 9.52. The average Bonchev–Trinajstić information content (AvgIpc) is 2.16. The van der Waals surface area contributed by atoms with E-state index in [1.54, 1.807) is 0 Å². The lowest BCUT2D eigenvalue weighted by Crippen LogP contribution is -2.04. The van der Waals surface area contributed by atoms with Crippen LogP contribution < -0.4 is 0 Å². The Balaban J connectivity index is 3.04. The zero-order chi connectivity index (χ0) is 11.5. The fraction of sp³-hybridized carbons (Fsp3) is 1.00. The van der Waals surface area contributed by atoms with Crippen molar-refractivity contribution in [1.29, 1.82) is 0 Å². The molecule has 0 amide bonds. The van der Waals surface area contributed by atoms with Gasteiger partial charge in [-0.3, -0.25) is 0 Å². The summed E-state index contributed by atoms with van der Waals surface area (Å²) in [5.74, 6) is 0.858. The third-order valence-electron chi connectivity index (χ3n) is 2.94. The Kier molecular flexibility index (Phi) is 10.4. The fourth-order valence-electron chi connectivity index (χ4n) is 1.94. The molecular weight excluding hydrogens is 184 g/mol. The number of aliphatic hydroxyl groups excluding tert-OH is 1. The third-order valence-corrected chi connectivity index (χ3v) is 2.94. The minimum Gasteiger partial charge on any atom is -0.393 e. The summed E-state index contributed by atoms with van der Waals surface area (Å²) < 4.78 is 0. The molecule has 0 spiro atoms. The number of hydrogen-bond acceptors (Lipinski definition) is 1. The van der Waals surface area contributed by atoms with Crippen molar-refractivity contribution in [3.63, 3.8) is 0 Å². The van der Waals surface area contributed by atoms with Crippen LogP contribution in [0.25, 0.3) is 0 Å². The van der Waals surface area contributed by atoms with E-state index in [0.717, 1.165) is 25.2 Å². The molecule has 0 bridgehead atoms. The van der Waals surface area contributed by atoms with E-state index in [-0.39, 0.29) is 6.10 Å². The normalized spacial score (nSPS) is 13.4. The molecular formula is C14H30O. The molecule has 0 saturated heterocycles. The molecule has 0 saturated carbocycles. The molecule has 1 unspecified atom stereocenters. The van der Waals surface area contributed by atoms with Crippen LogP contribution in [-0.2, 0) is 0 Å². The molecule has 1 atom stereocenters. The van der Waals surface area contributed by atoms with Crippen molar-refractivity contribution in [2.75, 3.05) is 0 Å². The van der Waals surface area contributed by atoms with E-state index in [9.17, 15) is 5.11 Å². The molecule has 1 nitrogen and oxygen atoms in total. The smallest absolute Gasteiger partial charge is 0.0540 e. The second-order valence-corrected chi connectivity index (χ2v) is 5.18. The summed E-state index contributed by atoms with van der Waals surface area (Å²) >= 11 is 0. The first-order valence-corrected chi connectivity index (χ1v) is 6.84. The lowest BCUT2D eigenvalue weighted by Gasteiger charge is -2.08. The molecule has 0 aromatic heterocycles. The largest absolute Gasteiger partial charge is 0.393 e. The van der Waals surface area contributed by atoms with E-state index in [1.807, 2.05) is 0 Å². The van der Waals surface area contributed by atoms with Crippen molar-refractivity contribution in [3.05, 3.63) is 0 Å². The summed E-state index contributed by atoms with van der Waals surface area (Å²) in [6.07, 6.45) is 11.1.